The van der Waals surface area contributed by atoms with Crippen LogP contribution < -0.4 is 10.6 Å². The molecule has 0 radical (unpaired) electrons. The SMILES string of the molecule is CCCCCCCCCCCCCC(=O)O[C@H](CCCCCCCCCCC)CC(=O)N[C@H]1C(O)[C@H](OP(=O)(O)O)C(CO)O[C@H]1OCC1O[C@H](O)[C@@H](NC(=O)C[C@H](O)CCCCCCCCCCC)C(OC(=O)C[C@H](O)CCCCCCCCCCC)[C@@H]1O. The number of ether oxygens (including phenoxy) is 5. The van der Waals surface area contributed by atoms with Gasteiger partial charge in [0.15, 0.2) is 18.7 Å². The van der Waals surface area contributed by atoms with E-state index in [4.69, 9.17) is 28.2 Å². The van der Waals surface area contributed by atoms with Crippen LogP contribution in [0, 0.1) is 0 Å². The fourth-order valence-electron chi connectivity index (χ4n) is 12.2. The zero-order valence-corrected chi connectivity index (χ0v) is 57.1. The van der Waals surface area contributed by atoms with Gasteiger partial charge in [-0.2, -0.15) is 0 Å². The molecule has 90 heavy (non-hydrogen) atoms. The molecule has 0 aromatic carbocycles. The largest absolute Gasteiger partial charge is 0.470 e. The van der Waals surface area contributed by atoms with Crippen LogP contribution in [0.25, 0.3) is 0 Å². The maximum Gasteiger partial charge on any atom is 0.470 e. The van der Waals surface area contributed by atoms with Crippen LogP contribution >= 0.6 is 7.82 Å². The highest BCUT2D eigenvalue weighted by Crippen LogP contribution is 2.42. The molecule has 0 aliphatic carbocycles. The Balaban J connectivity index is 2.30. The molecule has 2 saturated heterocycles. The fraction of sp³-hybridized carbons (Fsp3) is 0.941. The van der Waals surface area contributed by atoms with Crippen LogP contribution in [0.5, 0.6) is 0 Å². The molecule has 0 bridgehead atoms. The molecule has 22 heteroatoms. The summed E-state index contributed by atoms with van der Waals surface area (Å²) in [5.74, 6) is -2.88. The predicted octanol–water partition coefficient (Wildman–Crippen LogP) is 11.8. The van der Waals surface area contributed by atoms with Crippen molar-refractivity contribution in [2.75, 3.05) is 13.2 Å². The molecule has 0 aromatic heterocycles. The summed E-state index contributed by atoms with van der Waals surface area (Å²) in [6, 6.07) is -3.28. The second kappa shape index (κ2) is 52.9. The van der Waals surface area contributed by atoms with E-state index in [2.05, 4.69) is 38.3 Å². The Labute approximate surface area is 542 Å². The van der Waals surface area contributed by atoms with E-state index in [1.165, 1.54) is 103 Å². The van der Waals surface area contributed by atoms with E-state index in [0.717, 1.165) is 116 Å². The van der Waals surface area contributed by atoms with E-state index in [1.807, 2.05) is 0 Å². The van der Waals surface area contributed by atoms with E-state index in [-0.39, 0.29) is 19.3 Å². The lowest BCUT2D eigenvalue weighted by atomic mass is 9.95. The van der Waals surface area contributed by atoms with Crippen LogP contribution in [-0.4, -0.2) is 157 Å². The Morgan fingerprint density at radius 1 is 0.467 bits per heavy atom. The monoisotopic (exact) mass is 1310 g/mol. The summed E-state index contributed by atoms with van der Waals surface area (Å²) in [6.45, 7) is 7.03. The van der Waals surface area contributed by atoms with Crippen molar-refractivity contribution in [1.29, 1.82) is 0 Å². The number of aliphatic hydroxyl groups is 6. The van der Waals surface area contributed by atoms with Gasteiger partial charge in [-0.05, 0) is 32.1 Å². The van der Waals surface area contributed by atoms with Gasteiger partial charge in [-0.15, -0.1) is 0 Å². The Morgan fingerprint density at radius 2 is 0.867 bits per heavy atom. The molecule has 2 heterocycles. The third-order valence-corrected chi connectivity index (χ3v) is 18.1. The third-order valence-electron chi connectivity index (χ3n) is 17.6. The van der Waals surface area contributed by atoms with Crippen LogP contribution in [0.2, 0.25) is 0 Å². The Hall–Kier alpha value is -2.37. The van der Waals surface area contributed by atoms with Crippen molar-refractivity contribution in [3.8, 4) is 0 Å². The van der Waals surface area contributed by atoms with Gasteiger partial charge in [0.05, 0.1) is 44.7 Å². The first-order valence-corrected chi connectivity index (χ1v) is 37.6. The summed E-state index contributed by atoms with van der Waals surface area (Å²) in [4.78, 5) is 74.3. The van der Waals surface area contributed by atoms with Gasteiger partial charge < -0.3 is 74.7 Å². The van der Waals surface area contributed by atoms with Gasteiger partial charge in [-0.25, -0.2) is 4.57 Å². The summed E-state index contributed by atoms with van der Waals surface area (Å²) in [5.41, 5.74) is 0. The molecular formula is C68H129N2O19P. The molecule has 530 valence electrons. The molecule has 0 aromatic rings. The number of nitrogens with one attached hydrogen (secondary N) is 2. The van der Waals surface area contributed by atoms with Crippen LogP contribution in [-0.2, 0) is 52.0 Å². The van der Waals surface area contributed by atoms with Gasteiger partial charge in [0, 0.05) is 6.42 Å². The number of phosphoric ester groups is 1. The fourth-order valence-corrected chi connectivity index (χ4v) is 12.7. The van der Waals surface area contributed by atoms with Crippen molar-refractivity contribution in [3.63, 3.8) is 0 Å². The van der Waals surface area contributed by atoms with Gasteiger partial charge in [0.1, 0.15) is 48.7 Å². The van der Waals surface area contributed by atoms with E-state index >= 15 is 0 Å². The van der Waals surface area contributed by atoms with Crippen molar-refractivity contribution in [3.05, 3.63) is 0 Å². The van der Waals surface area contributed by atoms with Gasteiger partial charge in [0.2, 0.25) is 11.8 Å². The lowest BCUT2D eigenvalue weighted by Gasteiger charge is -2.45. The number of carbonyl (C=O) groups is 4. The molecule has 2 aliphatic heterocycles. The van der Waals surface area contributed by atoms with E-state index < -0.39 is 131 Å². The van der Waals surface area contributed by atoms with Crippen molar-refractivity contribution >= 4 is 31.6 Å². The van der Waals surface area contributed by atoms with Gasteiger partial charge in [0.25, 0.3) is 0 Å². The van der Waals surface area contributed by atoms with Crippen molar-refractivity contribution in [2.24, 2.45) is 0 Å². The Morgan fingerprint density at radius 3 is 1.31 bits per heavy atom. The Kier molecular flexibility index (Phi) is 49.2. The van der Waals surface area contributed by atoms with Gasteiger partial charge in [-0.1, -0.05) is 259 Å². The molecule has 2 aliphatic rings. The van der Waals surface area contributed by atoms with E-state index in [0.29, 0.717) is 44.9 Å². The number of esters is 2. The third kappa shape index (κ3) is 40.1. The molecule has 2 fully saturated rings. The first kappa shape index (κ1) is 83.7. The highest BCUT2D eigenvalue weighted by atomic mass is 31.2. The van der Waals surface area contributed by atoms with Crippen LogP contribution in [0.1, 0.15) is 317 Å². The predicted molar refractivity (Wildman–Crippen MR) is 348 cm³/mol. The topological polar surface area (TPSA) is 327 Å². The van der Waals surface area contributed by atoms with Crippen molar-refractivity contribution in [2.45, 2.75) is 396 Å². The summed E-state index contributed by atoms with van der Waals surface area (Å²) >= 11 is 0. The number of carbonyl (C=O) groups excluding carboxylic acids is 4. The standard InChI is InChI=1S/C68H129N2O19P/c1-5-9-13-17-21-25-26-30-34-38-42-46-59(76)85-54(45-41-37-33-29-24-20-16-12-8-4)49-58(75)69-61-64(79)65(89-90(81,82)83)55(50-71)87-68(61)84-51-56-63(78)66(88-60(77)48-53(73)44-40-36-32-28-23-19-15-11-7-3)62(67(80)86-56)70-57(74)47-52(72)43-39-35-31-27-22-18-14-10-6-2/h52-56,61-68,71-73,78-80H,5-51H2,1-4H3,(H,69,75)(H,70,74)(H2,81,82,83)/t52-,53-,54-,55?,56?,61+,62+,63-,64?,65-,66?,67+,68-/m1/s1. The summed E-state index contributed by atoms with van der Waals surface area (Å²) in [5, 5.41) is 72.6. The zero-order chi connectivity index (χ0) is 66.2. The number of rotatable bonds is 58. The van der Waals surface area contributed by atoms with Crippen LogP contribution in [0.4, 0.5) is 0 Å². The zero-order valence-electron chi connectivity index (χ0n) is 56.3. The molecule has 10 N–H and O–H groups in total. The quantitative estimate of drug-likeness (QED) is 0.0154. The highest BCUT2D eigenvalue weighted by Gasteiger charge is 2.52. The minimum Gasteiger partial charge on any atom is -0.462 e. The molecule has 13 atom stereocenters. The number of amides is 2. The van der Waals surface area contributed by atoms with Crippen LogP contribution in [0.15, 0.2) is 0 Å². The average Bonchev–Trinajstić information content (AvgIpc) is 0.879. The average molecular weight is 1310 g/mol. The first-order valence-electron chi connectivity index (χ1n) is 36.0. The summed E-state index contributed by atoms with van der Waals surface area (Å²) in [6.07, 6.45) is 23.2. The molecule has 2 rings (SSSR count). The lowest BCUT2D eigenvalue weighted by Crippen LogP contribution is -2.67. The van der Waals surface area contributed by atoms with Crippen LogP contribution in [0.3, 0.4) is 0 Å². The molecule has 21 nitrogen and oxygen atoms in total. The number of hydrogen-bond acceptors (Lipinski definition) is 17. The smallest absolute Gasteiger partial charge is 0.462 e. The van der Waals surface area contributed by atoms with Crippen molar-refractivity contribution < 1.29 is 92.4 Å². The molecule has 2 amide bonds. The highest BCUT2D eigenvalue weighted by molar-refractivity contribution is 7.46. The normalized spacial score (nSPS) is 23.1. The van der Waals surface area contributed by atoms with Gasteiger partial charge in [-0.3, -0.25) is 23.7 Å². The molecule has 0 spiro atoms. The number of phosphoric acid groups is 1. The summed E-state index contributed by atoms with van der Waals surface area (Å²) < 4.78 is 46.6. The van der Waals surface area contributed by atoms with E-state index in [9.17, 15) is 64.2 Å². The molecule has 4 unspecified atom stereocenters. The number of aliphatic hydroxyl groups excluding tert-OH is 6. The molecular weight excluding hydrogens is 1180 g/mol. The first-order chi connectivity index (χ1) is 43.4. The number of hydrogen-bond donors (Lipinski definition) is 10. The summed E-state index contributed by atoms with van der Waals surface area (Å²) in [7, 11) is -5.37. The van der Waals surface area contributed by atoms with E-state index in [1.54, 1.807) is 0 Å². The maximum atomic E-state index is 14.2. The number of unbranched alkanes of at least 4 members (excludes halogenated alkanes) is 34. The second-order valence-corrected chi connectivity index (χ2v) is 27.2. The minimum atomic E-state index is -5.37. The molecule has 0 saturated carbocycles. The maximum absolute atomic E-state index is 14.2. The Bertz CT molecular complexity index is 1850. The van der Waals surface area contributed by atoms with Gasteiger partial charge >= 0.3 is 19.8 Å². The lowest BCUT2D eigenvalue weighted by molar-refractivity contribution is -0.297. The second-order valence-electron chi connectivity index (χ2n) is 26.0. The van der Waals surface area contributed by atoms with Crippen molar-refractivity contribution in [1.82, 2.24) is 10.6 Å². The minimum absolute atomic E-state index is 0.169.